The van der Waals surface area contributed by atoms with Crippen LogP contribution in [0.25, 0.3) is 0 Å². The van der Waals surface area contributed by atoms with Gasteiger partial charge >= 0.3 is 0 Å². The van der Waals surface area contributed by atoms with E-state index in [0.717, 1.165) is 23.1 Å². The van der Waals surface area contributed by atoms with Crippen LogP contribution < -0.4 is 5.32 Å². The summed E-state index contributed by atoms with van der Waals surface area (Å²) < 4.78 is 1.07. The van der Waals surface area contributed by atoms with Gasteiger partial charge in [-0.15, -0.1) is 28.0 Å². The Balaban J connectivity index is 0.00000121. The Morgan fingerprint density at radius 3 is 2.75 bits per heavy atom. The van der Waals surface area contributed by atoms with E-state index in [2.05, 4.69) is 34.2 Å². The molecule has 0 atom stereocenters. The van der Waals surface area contributed by atoms with Gasteiger partial charge in [-0.2, -0.15) is 24.3 Å². The van der Waals surface area contributed by atoms with Crippen molar-refractivity contribution in [3.63, 3.8) is 0 Å². The maximum absolute atomic E-state index is 3.68. The van der Waals surface area contributed by atoms with E-state index in [1.807, 2.05) is 18.2 Å². The average molecular weight is 301 g/mol. The molecule has 1 aromatic carbocycles. The average Bonchev–Trinajstić information content (AvgIpc) is 2.04. The number of rotatable bonds is 3. The summed E-state index contributed by atoms with van der Waals surface area (Å²) in [6, 6.07) is 9.10. The minimum Gasteiger partial charge on any atom is -0.344 e. The van der Waals surface area contributed by atoms with Gasteiger partial charge in [0.05, 0.1) is 0 Å². The number of hydrogen-bond donors (Lipinski definition) is 1. The fourth-order valence-corrected chi connectivity index (χ4v) is 1.02. The van der Waals surface area contributed by atoms with Gasteiger partial charge < -0.3 is 12.2 Å². The molecule has 0 saturated carbocycles. The van der Waals surface area contributed by atoms with Crippen molar-refractivity contribution in [2.45, 2.75) is 6.54 Å². The number of halogens is 1. The van der Waals surface area contributed by atoms with Gasteiger partial charge in [0.2, 0.25) is 0 Å². The summed E-state index contributed by atoms with van der Waals surface area (Å²) in [5.74, 6) is 0. The Morgan fingerprint density at radius 1 is 1.50 bits per heavy atom. The summed E-state index contributed by atoms with van der Waals surface area (Å²) in [5.41, 5.74) is 1.16. The van der Waals surface area contributed by atoms with Gasteiger partial charge in [0.15, 0.2) is 0 Å². The summed E-state index contributed by atoms with van der Waals surface area (Å²) in [6.07, 6.45) is 0. The second kappa shape index (κ2) is 7.19. The summed E-state index contributed by atoms with van der Waals surface area (Å²) in [7, 11) is 0. The summed E-state index contributed by atoms with van der Waals surface area (Å²) in [4.78, 5) is 0. The van der Waals surface area contributed by atoms with Crippen LogP contribution in [0, 0.1) is 13.0 Å². The van der Waals surface area contributed by atoms with Crippen molar-refractivity contribution in [3.8, 4) is 0 Å². The zero-order chi connectivity index (χ0) is 8.10. The first-order valence-electron chi connectivity index (χ1n) is 3.49. The van der Waals surface area contributed by atoms with Crippen molar-refractivity contribution in [1.29, 1.82) is 0 Å². The molecule has 1 N–H and O–H groups in total. The van der Waals surface area contributed by atoms with E-state index in [1.54, 1.807) is 0 Å². The molecule has 0 unspecified atom stereocenters. The van der Waals surface area contributed by atoms with E-state index in [9.17, 15) is 0 Å². The normalized spacial score (nSPS) is 9.17. The van der Waals surface area contributed by atoms with Gasteiger partial charge in [-0.05, 0) is 6.54 Å². The summed E-state index contributed by atoms with van der Waals surface area (Å²) >= 11 is 3.35. The first-order valence-corrected chi connectivity index (χ1v) is 4.28. The van der Waals surface area contributed by atoms with Gasteiger partial charge in [-0.25, -0.2) is 0 Å². The Bertz CT molecular complexity index is 210. The number of nitrogens with one attached hydrogen (secondary N) is 1. The largest absolute Gasteiger partial charge is 0.344 e. The van der Waals surface area contributed by atoms with Crippen LogP contribution in [0.4, 0.5) is 0 Å². The molecule has 1 aromatic rings. The first-order chi connectivity index (χ1) is 5.33. The minimum atomic E-state index is 0. The smallest absolute Gasteiger partial charge is 0 e. The minimum absolute atomic E-state index is 0. The molecule has 0 fully saturated rings. The molecule has 0 saturated heterocycles. The molecule has 0 aromatic heterocycles. The Hall–Kier alpha value is 0.764. The molecule has 0 amide bonds. The molecule has 3 heteroatoms. The fourth-order valence-electron chi connectivity index (χ4n) is 0.771. The predicted octanol–water partition coefficient (Wildman–Crippen LogP) is 2.17. The van der Waals surface area contributed by atoms with E-state index >= 15 is 0 Å². The first kappa shape index (κ1) is 12.8. The molecular formula is C9H10BrNY-2. The number of hydrogen-bond acceptors (Lipinski definition) is 1. The van der Waals surface area contributed by atoms with Crippen molar-refractivity contribution in [3.05, 3.63) is 41.2 Å². The third kappa shape index (κ3) is 4.71. The summed E-state index contributed by atoms with van der Waals surface area (Å²) in [5, 5.41) is 3.13. The van der Waals surface area contributed by atoms with Crippen molar-refractivity contribution < 1.29 is 32.7 Å². The maximum Gasteiger partial charge on any atom is 0 e. The van der Waals surface area contributed by atoms with Crippen LogP contribution in [0.1, 0.15) is 5.56 Å². The Morgan fingerprint density at radius 2 is 2.25 bits per heavy atom. The molecule has 0 spiro atoms. The molecule has 1 radical (unpaired) electrons. The quantitative estimate of drug-likeness (QED) is 0.844. The van der Waals surface area contributed by atoms with Crippen LogP contribution in [-0.4, -0.2) is 6.54 Å². The fraction of sp³-hybridized carbons (Fsp3) is 0.222. The standard InChI is InChI=1S/C9H10BrN.Y/c1-2-11-7-8-3-5-9(10)6-4-8;/h3,5-6,11H,1-2,7H2;/q-2;. The van der Waals surface area contributed by atoms with E-state index in [1.165, 1.54) is 0 Å². The van der Waals surface area contributed by atoms with Crippen LogP contribution in [0.15, 0.2) is 22.7 Å². The molecule has 0 aliphatic carbocycles. The van der Waals surface area contributed by atoms with Crippen molar-refractivity contribution in [2.75, 3.05) is 6.54 Å². The molecule has 1 nitrogen and oxygen atoms in total. The molecule has 0 bridgehead atoms. The third-order valence-electron chi connectivity index (χ3n) is 1.33. The van der Waals surface area contributed by atoms with Crippen LogP contribution in [-0.2, 0) is 39.3 Å². The van der Waals surface area contributed by atoms with Gasteiger partial charge in [-0.1, -0.05) is 4.47 Å². The van der Waals surface area contributed by atoms with Gasteiger partial charge in [-0.3, -0.25) is 0 Å². The Kier molecular flexibility index (Phi) is 7.65. The molecule has 0 aliphatic heterocycles. The van der Waals surface area contributed by atoms with Crippen molar-refractivity contribution >= 4 is 15.9 Å². The van der Waals surface area contributed by atoms with Crippen LogP contribution in [0.3, 0.4) is 0 Å². The van der Waals surface area contributed by atoms with Crippen LogP contribution >= 0.6 is 15.9 Å². The molecule has 63 valence electrons. The molecule has 0 aliphatic rings. The van der Waals surface area contributed by atoms with Crippen molar-refractivity contribution in [1.82, 2.24) is 5.32 Å². The monoisotopic (exact) mass is 300 g/mol. The summed E-state index contributed by atoms with van der Waals surface area (Å²) in [6.45, 7) is 5.28. The predicted molar refractivity (Wildman–Crippen MR) is 50.0 cm³/mol. The topological polar surface area (TPSA) is 12.0 Å². The Labute approximate surface area is 107 Å². The molecular weight excluding hydrogens is 291 g/mol. The van der Waals surface area contributed by atoms with E-state index < -0.39 is 0 Å². The molecule has 0 heterocycles. The van der Waals surface area contributed by atoms with E-state index in [-0.39, 0.29) is 32.7 Å². The SMILES string of the molecule is [CH2-]CNCc1[c-]cc(Br)cc1.[Y]. The van der Waals surface area contributed by atoms with Gasteiger partial charge in [0, 0.05) is 32.7 Å². The number of benzene rings is 1. The van der Waals surface area contributed by atoms with Gasteiger partial charge in [0.25, 0.3) is 0 Å². The van der Waals surface area contributed by atoms with E-state index in [4.69, 9.17) is 0 Å². The van der Waals surface area contributed by atoms with Crippen LogP contribution in [0.2, 0.25) is 0 Å². The van der Waals surface area contributed by atoms with Crippen LogP contribution in [0.5, 0.6) is 0 Å². The maximum atomic E-state index is 3.68. The zero-order valence-corrected chi connectivity index (χ0v) is 11.2. The van der Waals surface area contributed by atoms with E-state index in [0.29, 0.717) is 0 Å². The third-order valence-corrected chi connectivity index (χ3v) is 1.82. The molecule has 1 rings (SSSR count). The second-order valence-corrected chi connectivity index (χ2v) is 3.12. The van der Waals surface area contributed by atoms with Crippen molar-refractivity contribution in [2.24, 2.45) is 0 Å². The van der Waals surface area contributed by atoms with Gasteiger partial charge in [0.1, 0.15) is 0 Å². The zero-order valence-electron chi connectivity index (χ0n) is 6.81. The molecule has 12 heavy (non-hydrogen) atoms. The second-order valence-electron chi connectivity index (χ2n) is 2.21.